The van der Waals surface area contributed by atoms with E-state index in [0.717, 1.165) is 43.0 Å². The van der Waals surface area contributed by atoms with Crippen molar-refractivity contribution < 1.29 is 14.3 Å². The summed E-state index contributed by atoms with van der Waals surface area (Å²) < 4.78 is 10.6. The predicted octanol–water partition coefficient (Wildman–Crippen LogP) is 1.85. The monoisotopic (exact) mass is 306 g/mol. The first-order chi connectivity index (χ1) is 10.7. The number of nitrogens with one attached hydrogen (secondary N) is 1. The van der Waals surface area contributed by atoms with Crippen LogP contribution in [-0.4, -0.2) is 51.2 Å². The molecule has 1 saturated heterocycles. The van der Waals surface area contributed by atoms with Crippen molar-refractivity contribution in [3.63, 3.8) is 0 Å². The number of likely N-dealkylation sites (tertiary alicyclic amines) is 1. The van der Waals surface area contributed by atoms with E-state index in [0.29, 0.717) is 18.9 Å². The Bertz CT molecular complexity index is 505. The molecule has 0 spiro atoms. The lowest BCUT2D eigenvalue weighted by atomic mass is 10.1. The smallest absolute Gasteiger partial charge is 0.223 e. The quantitative estimate of drug-likeness (QED) is 0.835. The summed E-state index contributed by atoms with van der Waals surface area (Å²) in [6, 6.07) is 6.04. The molecule has 1 aromatic carbocycles. The molecule has 1 atom stereocenters. The number of ether oxygens (including phenoxy) is 2. The lowest BCUT2D eigenvalue weighted by molar-refractivity contribution is -0.131. The Kier molecular flexibility index (Phi) is 6.07. The van der Waals surface area contributed by atoms with Crippen LogP contribution in [0.4, 0.5) is 0 Å². The van der Waals surface area contributed by atoms with Gasteiger partial charge in [0, 0.05) is 25.6 Å². The third-order valence-electron chi connectivity index (χ3n) is 4.23. The molecule has 1 aliphatic rings. The highest BCUT2D eigenvalue weighted by atomic mass is 16.5. The number of methoxy groups -OCH3 is 2. The Balaban J connectivity index is 1.98. The van der Waals surface area contributed by atoms with Gasteiger partial charge in [-0.1, -0.05) is 0 Å². The van der Waals surface area contributed by atoms with Crippen LogP contribution in [0.15, 0.2) is 18.2 Å². The van der Waals surface area contributed by atoms with Gasteiger partial charge in [0.15, 0.2) is 0 Å². The first-order valence-corrected chi connectivity index (χ1v) is 7.84. The zero-order valence-corrected chi connectivity index (χ0v) is 13.7. The number of carbonyl (C=O) groups is 1. The maximum Gasteiger partial charge on any atom is 0.223 e. The average Bonchev–Trinajstić information content (AvgIpc) is 3.01. The van der Waals surface area contributed by atoms with Gasteiger partial charge in [-0.2, -0.15) is 0 Å². The number of benzene rings is 1. The van der Waals surface area contributed by atoms with Gasteiger partial charge in [-0.3, -0.25) is 4.79 Å². The van der Waals surface area contributed by atoms with Crippen LogP contribution in [0.25, 0.3) is 0 Å². The molecule has 1 aliphatic heterocycles. The molecule has 22 heavy (non-hydrogen) atoms. The summed E-state index contributed by atoms with van der Waals surface area (Å²) in [6.45, 7) is 1.74. The van der Waals surface area contributed by atoms with Gasteiger partial charge in [0.1, 0.15) is 11.5 Å². The Morgan fingerprint density at radius 1 is 1.36 bits per heavy atom. The van der Waals surface area contributed by atoms with Gasteiger partial charge in [0.2, 0.25) is 5.91 Å². The minimum atomic E-state index is 0.225. The van der Waals surface area contributed by atoms with Crippen molar-refractivity contribution in [1.82, 2.24) is 10.2 Å². The molecule has 5 heteroatoms. The van der Waals surface area contributed by atoms with E-state index >= 15 is 0 Å². The third-order valence-corrected chi connectivity index (χ3v) is 4.23. The normalized spacial score (nSPS) is 17.6. The molecule has 1 N–H and O–H groups in total. The second kappa shape index (κ2) is 8.03. The summed E-state index contributed by atoms with van der Waals surface area (Å²) in [5.41, 5.74) is 1.01. The average molecular weight is 306 g/mol. The number of rotatable bonds is 7. The number of likely N-dealkylation sites (N-methyl/N-ethyl adjacent to an activating group) is 1. The van der Waals surface area contributed by atoms with Gasteiger partial charge < -0.3 is 19.7 Å². The number of amides is 1. The molecule has 1 heterocycles. The molecule has 0 radical (unpaired) electrons. The van der Waals surface area contributed by atoms with Crippen LogP contribution in [0.2, 0.25) is 0 Å². The zero-order valence-electron chi connectivity index (χ0n) is 13.7. The van der Waals surface area contributed by atoms with Crippen molar-refractivity contribution in [3.8, 4) is 11.5 Å². The molecule has 1 fully saturated rings. The lowest BCUT2D eigenvalue weighted by Gasteiger charge is -2.24. The molecule has 122 valence electrons. The van der Waals surface area contributed by atoms with Crippen LogP contribution in [0, 0.1) is 0 Å². The van der Waals surface area contributed by atoms with Crippen molar-refractivity contribution in [2.75, 3.05) is 34.4 Å². The molecular formula is C17H26N2O3. The van der Waals surface area contributed by atoms with Gasteiger partial charge in [0.25, 0.3) is 0 Å². The summed E-state index contributed by atoms with van der Waals surface area (Å²) in [4.78, 5) is 14.5. The molecule has 0 aromatic heterocycles. The Hall–Kier alpha value is -1.75. The molecular weight excluding hydrogens is 280 g/mol. The summed E-state index contributed by atoms with van der Waals surface area (Å²) in [5.74, 6) is 1.82. The number of carbonyl (C=O) groups excluding carboxylic acids is 1. The van der Waals surface area contributed by atoms with E-state index in [-0.39, 0.29) is 5.91 Å². The maximum atomic E-state index is 12.5. The van der Waals surface area contributed by atoms with E-state index in [2.05, 4.69) is 5.32 Å². The van der Waals surface area contributed by atoms with Crippen LogP contribution in [0.3, 0.4) is 0 Å². The van der Waals surface area contributed by atoms with E-state index in [1.54, 1.807) is 14.2 Å². The first kappa shape index (κ1) is 16.6. The Morgan fingerprint density at radius 3 is 2.86 bits per heavy atom. The Labute approximate surface area is 132 Å². The largest absolute Gasteiger partial charge is 0.497 e. The van der Waals surface area contributed by atoms with Crippen LogP contribution in [-0.2, 0) is 11.2 Å². The molecule has 0 saturated carbocycles. The van der Waals surface area contributed by atoms with Crippen LogP contribution in [0.1, 0.15) is 24.8 Å². The van der Waals surface area contributed by atoms with Crippen molar-refractivity contribution in [2.45, 2.75) is 31.7 Å². The summed E-state index contributed by atoms with van der Waals surface area (Å²) >= 11 is 0. The first-order valence-electron chi connectivity index (χ1n) is 7.84. The van der Waals surface area contributed by atoms with Crippen LogP contribution in [0.5, 0.6) is 11.5 Å². The second-order valence-corrected chi connectivity index (χ2v) is 5.62. The summed E-state index contributed by atoms with van der Waals surface area (Å²) in [6.07, 6.45) is 3.36. The van der Waals surface area contributed by atoms with E-state index in [9.17, 15) is 4.79 Å². The van der Waals surface area contributed by atoms with E-state index in [1.165, 1.54) is 0 Å². The van der Waals surface area contributed by atoms with Crippen molar-refractivity contribution in [1.29, 1.82) is 0 Å². The highest BCUT2D eigenvalue weighted by Gasteiger charge is 2.27. The highest BCUT2D eigenvalue weighted by molar-refractivity contribution is 5.77. The number of aryl methyl sites for hydroxylation is 1. The van der Waals surface area contributed by atoms with Crippen LogP contribution >= 0.6 is 0 Å². The molecule has 0 aliphatic carbocycles. The SMILES string of the molecule is CNCC1CCCN1C(=O)CCc1cc(OC)ccc1OC. The predicted molar refractivity (Wildman–Crippen MR) is 86.5 cm³/mol. The lowest BCUT2D eigenvalue weighted by Crippen LogP contribution is -2.40. The fourth-order valence-electron chi connectivity index (χ4n) is 3.07. The van der Waals surface area contributed by atoms with E-state index in [4.69, 9.17) is 9.47 Å². The van der Waals surface area contributed by atoms with Gasteiger partial charge in [0.05, 0.1) is 14.2 Å². The van der Waals surface area contributed by atoms with Crippen LogP contribution < -0.4 is 14.8 Å². The summed E-state index contributed by atoms with van der Waals surface area (Å²) in [5, 5.41) is 3.17. The molecule has 1 aromatic rings. The summed E-state index contributed by atoms with van der Waals surface area (Å²) in [7, 11) is 5.22. The number of hydrogen-bond acceptors (Lipinski definition) is 4. The van der Waals surface area contributed by atoms with Gasteiger partial charge >= 0.3 is 0 Å². The van der Waals surface area contributed by atoms with Crippen molar-refractivity contribution in [3.05, 3.63) is 23.8 Å². The van der Waals surface area contributed by atoms with Crippen molar-refractivity contribution in [2.24, 2.45) is 0 Å². The number of hydrogen-bond donors (Lipinski definition) is 1. The van der Waals surface area contributed by atoms with Gasteiger partial charge in [-0.05, 0) is 50.1 Å². The minimum absolute atomic E-state index is 0.225. The minimum Gasteiger partial charge on any atom is -0.497 e. The molecule has 1 unspecified atom stereocenters. The van der Waals surface area contributed by atoms with Gasteiger partial charge in [-0.15, -0.1) is 0 Å². The maximum absolute atomic E-state index is 12.5. The topological polar surface area (TPSA) is 50.8 Å². The Morgan fingerprint density at radius 2 is 2.18 bits per heavy atom. The standard InChI is InChI=1S/C17H26N2O3/c1-18-12-14-5-4-10-19(14)17(20)9-6-13-11-15(21-2)7-8-16(13)22-3/h7-8,11,14,18H,4-6,9-10,12H2,1-3H3. The zero-order chi connectivity index (χ0) is 15.9. The number of nitrogens with zero attached hydrogens (tertiary/aromatic N) is 1. The molecule has 5 nitrogen and oxygen atoms in total. The van der Waals surface area contributed by atoms with E-state index < -0.39 is 0 Å². The second-order valence-electron chi connectivity index (χ2n) is 5.62. The third kappa shape index (κ3) is 3.91. The fourth-order valence-corrected chi connectivity index (χ4v) is 3.07. The van der Waals surface area contributed by atoms with E-state index in [1.807, 2.05) is 30.1 Å². The fraction of sp³-hybridized carbons (Fsp3) is 0.588. The molecule has 2 rings (SSSR count). The molecule has 0 bridgehead atoms. The van der Waals surface area contributed by atoms with Crippen molar-refractivity contribution >= 4 is 5.91 Å². The highest BCUT2D eigenvalue weighted by Crippen LogP contribution is 2.26. The van der Waals surface area contributed by atoms with Gasteiger partial charge in [-0.25, -0.2) is 0 Å². The molecule has 1 amide bonds.